The SMILES string of the molecule is O=C1C=CC(=O)N1N(CN(c1ccccc1)N1C(=O)C=CC1=O)c1ccccc1. The minimum atomic E-state index is -0.510. The van der Waals surface area contributed by atoms with Gasteiger partial charge in [0, 0.05) is 24.3 Å². The zero-order valence-electron chi connectivity index (χ0n) is 15.2. The number of carbonyl (C=O) groups excluding carboxylic acids is 4. The van der Waals surface area contributed by atoms with Crippen molar-refractivity contribution in [3.05, 3.63) is 85.0 Å². The molecule has 0 saturated heterocycles. The Hall–Kier alpha value is -4.20. The van der Waals surface area contributed by atoms with E-state index in [0.717, 1.165) is 10.0 Å². The number of hydrogen-bond donors (Lipinski definition) is 0. The molecule has 144 valence electrons. The van der Waals surface area contributed by atoms with E-state index in [2.05, 4.69) is 0 Å². The number of nitrogens with zero attached hydrogens (tertiary/aromatic N) is 4. The van der Waals surface area contributed by atoms with Crippen molar-refractivity contribution in [1.29, 1.82) is 0 Å². The first-order valence-electron chi connectivity index (χ1n) is 8.83. The number of benzene rings is 2. The zero-order chi connectivity index (χ0) is 20.4. The molecule has 0 aliphatic carbocycles. The predicted octanol–water partition coefficient (Wildman–Crippen LogP) is 1.64. The van der Waals surface area contributed by atoms with Gasteiger partial charge in [0.05, 0.1) is 11.4 Å². The van der Waals surface area contributed by atoms with Gasteiger partial charge in [-0.2, -0.15) is 10.0 Å². The fourth-order valence-corrected chi connectivity index (χ4v) is 3.11. The summed E-state index contributed by atoms with van der Waals surface area (Å²) in [5, 5.41) is 4.81. The summed E-state index contributed by atoms with van der Waals surface area (Å²) >= 11 is 0. The number of hydrogen-bond acceptors (Lipinski definition) is 6. The summed E-state index contributed by atoms with van der Waals surface area (Å²) in [6, 6.07) is 17.6. The van der Waals surface area contributed by atoms with E-state index in [4.69, 9.17) is 0 Å². The maximum atomic E-state index is 12.4. The lowest BCUT2D eigenvalue weighted by atomic mass is 10.3. The quantitative estimate of drug-likeness (QED) is 0.553. The molecule has 0 radical (unpaired) electrons. The van der Waals surface area contributed by atoms with E-state index in [9.17, 15) is 19.2 Å². The number of carbonyl (C=O) groups is 4. The van der Waals surface area contributed by atoms with E-state index >= 15 is 0 Å². The first kappa shape index (κ1) is 18.2. The molecule has 8 nitrogen and oxygen atoms in total. The topological polar surface area (TPSA) is 81.2 Å². The van der Waals surface area contributed by atoms with Crippen molar-refractivity contribution >= 4 is 35.0 Å². The van der Waals surface area contributed by atoms with E-state index in [1.54, 1.807) is 60.7 Å². The Morgan fingerprint density at radius 1 is 0.517 bits per heavy atom. The van der Waals surface area contributed by atoms with E-state index in [1.165, 1.54) is 34.3 Å². The van der Waals surface area contributed by atoms with Crippen molar-refractivity contribution in [3.8, 4) is 0 Å². The van der Waals surface area contributed by atoms with E-state index in [1.807, 2.05) is 0 Å². The van der Waals surface area contributed by atoms with Gasteiger partial charge in [0.25, 0.3) is 23.6 Å². The molecule has 2 heterocycles. The van der Waals surface area contributed by atoms with Gasteiger partial charge in [-0.05, 0) is 24.3 Å². The third-order valence-electron chi connectivity index (χ3n) is 4.43. The summed E-state index contributed by atoms with van der Waals surface area (Å²) in [4.78, 5) is 49.5. The molecule has 4 amide bonds. The van der Waals surface area contributed by atoms with Crippen molar-refractivity contribution in [2.24, 2.45) is 0 Å². The number of rotatable bonds is 6. The molecule has 0 aromatic heterocycles. The van der Waals surface area contributed by atoms with Gasteiger partial charge in [0.2, 0.25) is 0 Å². The minimum absolute atomic E-state index is 0.133. The highest BCUT2D eigenvalue weighted by Crippen LogP contribution is 2.25. The van der Waals surface area contributed by atoms with Crippen molar-refractivity contribution in [1.82, 2.24) is 10.0 Å². The highest BCUT2D eigenvalue weighted by Gasteiger charge is 2.36. The molecule has 0 unspecified atom stereocenters. The molecule has 0 spiro atoms. The van der Waals surface area contributed by atoms with Crippen molar-refractivity contribution in [2.75, 3.05) is 16.7 Å². The van der Waals surface area contributed by atoms with Crippen LogP contribution in [0.1, 0.15) is 0 Å². The fourth-order valence-electron chi connectivity index (χ4n) is 3.11. The lowest BCUT2D eigenvalue weighted by Gasteiger charge is -2.39. The molecule has 0 atom stereocenters. The maximum Gasteiger partial charge on any atom is 0.272 e. The van der Waals surface area contributed by atoms with Crippen molar-refractivity contribution < 1.29 is 19.2 Å². The van der Waals surface area contributed by atoms with Gasteiger partial charge in [0.1, 0.15) is 6.67 Å². The number of amides is 4. The van der Waals surface area contributed by atoms with Gasteiger partial charge in [-0.3, -0.25) is 29.2 Å². The number of para-hydroxylation sites is 2. The van der Waals surface area contributed by atoms with Crippen LogP contribution in [0, 0.1) is 0 Å². The monoisotopic (exact) mass is 388 g/mol. The summed E-state index contributed by atoms with van der Waals surface area (Å²) in [5.41, 5.74) is 1.09. The molecule has 0 saturated carbocycles. The first-order valence-corrected chi connectivity index (χ1v) is 8.83. The molecule has 8 heteroatoms. The van der Waals surface area contributed by atoms with E-state index in [-0.39, 0.29) is 6.67 Å². The maximum absolute atomic E-state index is 12.4. The molecule has 29 heavy (non-hydrogen) atoms. The molecule has 0 fully saturated rings. The summed E-state index contributed by atoms with van der Waals surface area (Å²) in [6.45, 7) is -0.133. The largest absolute Gasteiger partial charge is 0.272 e. The molecule has 2 aromatic rings. The zero-order valence-corrected chi connectivity index (χ0v) is 15.2. The van der Waals surface area contributed by atoms with Crippen LogP contribution in [0.25, 0.3) is 0 Å². The summed E-state index contributed by atoms with van der Waals surface area (Å²) in [7, 11) is 0. The molecule has 2 aromatic carbocycles. The standard InChI is InChI=1S/C21H16N4O4/c26-18-11-12-19(27)24(18)22(16-7-3-1-4-8-16)15-23(17-9-5-2-6-10-17)25-20(28)13-14-21(25)29/h1-14H,15H2. The molecule has 4 rings (SSSR count). The van der Waals surface area contributed by atoms with Crippen LogP contribution in [0.3, 0.4) is 0 Å². The van der Waals surface area contributed by atoms with Crippen LogP contribution in [0.5, 0.6) is 0 Å². The Labute approximate surface area is 166 Å². The molecule has 2 aliphatic rings. The Bertz CT molecular complexity index is 914. The Morgan fingerprint density at radius 3 is 1.14 bits per heavy atom. The third kappa shape index (κ3) is 3.39. The van der Waals surface area contributed by atoms with Crippen LogP contribution in [0.2, 0.25) is 0 Å². The van der Waals surface area contributed by atoms with Gasteiger partial charge < -0.3 is 0 Å². The van der Waals surface area contributed by atoms with Crippen LogP contribution in [0.15, 0.2) is 85.0 Å². The van der Waals surface area contributed by atoms with E-state index in [0.29, 0.717) is 11.4 Å². The number of imide groups is 2. The van der Waals surface area contributed by atoms with Crippen LogP contribution in [-0.4, -0.2) is 40.3 Å². The molecule has 0 bridgehead atoms. The third-order valence-corrected chi connectivity index (χ3v) is 4.43. The van der Waals surface area contributed by atoms with Gasteiger partial charge >= 0.3 is 0 Å². The Morgan fingerprint density at radius 2 is 0.828 bits per heavy atom. The molecule has 0 N–H and O–H groups in total. The van der Waals surface area contributed by atoms with Gasteiger partial charge in [-0.25, -0.2) is 0 Å². The van der Waals surface area contributed by atoms with Crippen LogP contribution in [-0.2, 0) is 19.2 Å². The second-order valence-electron chi connectivity index (χ2n) is 6.25. The van der Waals surface area contributed by atoms with Crippen molar-refractivity contribution in [2.45, 2.75) is 0 Å². The number of anilines is 2. The smallest absolute Gasteiger partial charge is 0.267 e. The van der Waals surface area contributed by atoms with Crippen LogP contribution in [0.4, 0.5) is 11.4 Å². The highest BCUT2D eigenvalue weighted by atomic mass is 16.2. The van der Waals surface area contributed by atoms with Gasteiger partial charge in [-0.1, -0.05) is 36.4 Å². The lowest BCUT2D eigenvalue weighted by Crippen LogP contribution is -2.57. The fraction of sp³-hybridized carbons (Fsp3) is 0.0476. The summed E-state index contributed by atoms with van der Waals surface area (Å²) in [6.07, 6.45) is 4.72. The minimum Gasteiger partial charge on any atom is -0.267 e. The number of hydrazine groups is 2. The predicted molar refractivity (Wildman–Crippen MR) is 105 cm³/mol. The highest BCUT2D eigenvalue weighted by molar-refractivity contribution is 6.15. The average molecular weight is 388 g/mol. The lowest BCUT2D eigenvalue weighted by molar-refractivity contribution is -0.137. The van der Waals surface area contributed by atoms with E-state index < -0.39 is 23.6 Å². The Kier molecular flexibility index (Phi) is 4.66. The van der Waals surface area contributed by atoms with Gasteiger partial charge in [-0.15, -0.1) is 0 Å². The second kappa shape index (κ2) is 7.43. The van der Waals surface area contributed by atoms with Crippen molar-refractivity contribution in [3.63, 3.8) is 0 Å². The molecular weight excluding hydrogens is 372 g/mol. The molecule has 2 aliphatic heterocycles. The average Bonchev–Trinajstić information content (AvgIpc) is 3.25. The molecular formula is C21H16N4O4. The Balaban J connectivity index is 1.76. The summed E-state index contributed by atoms with van der Waals surface area (Å²) < 4.78 is 0. The second-order valence-corrected chi connectivity index (χ2v) is 6.25. The van der Waals surface area contributed by atoms with Crippen LogP contribution >= 0.6 is 0 Å². The summed E-state index contributed by atoms with van der Waals surface area (Å²) in [5.74, 6) is -2.04. The van der Waals surface area contributed by atoms with Crippen LogP contribution < -0.4 is 10.0 Å². The van der Waals surface area contributed by atoms with Gasteiger partial charge in [0.15, 0.2) is 0 Å². The normalized spacial score (nSPS) is 15.6. The first-order chi connectivity index (χ1) is 14.1.